The summed E-state index contributed by atoms with van der Waals surface area (Å²) in [6.07, 6.45) is 7.96. The Morgan fingerprint density at radius 3 is 1.59 bits per heavy atom. The van der Waals surface area contributed by atoms with Crippen molar-refractivity contribution in [2.75, 3.05) is 11.9 Å². The molecule has 2 aromatic rings. The number of azide groups is 1. The minimum absolute atomic E-state index is 0.0542. The van der Waals surface area contributed by atoms with Gasteiger partial charge in [0.15, 0.2) is 24.5 Å². The second kappa shape index (κ2) is 19.2. The molecule has 4 heterocycles. The third kappa shape index (κ3) is 9.32. The van der Waals surface area contributed by atoms with Gasteiger partial charge in [0.1, 0.15) is 37.3 Å². The molecule has 4 aliphatic rings. The van der Waals surface area contributed by atoms with Crippen LogP contribution >= 0.6 is 15.9 Å². The lowest BCUT2D eigenvalue weighted by atomic mass is 10.0. The molecule has 0 aromatic heterocycles. The number of halogens is 1. The predicted octanol–water partition coefficient (Wildman–Crippen LogP) is 4.88. The van der Waals surface area contributed by atoms with Crippen molar-refractivity contribution in [3.05, 3.63) is 129 Å². The summed E-state index contributed by atoms with van der Waals surface area (Å²) in [6.45, 7) is 0.295. The Kier molecular flexibility index (Phi) is 13.9. The molecular formula is C38H36BrN5O10. The molecule has 280 valence electrons. The molecule has 2 aromatic carbocycles. The third-order valence-corrected chi connectivity index (χ3v) is 9.01. The molecule has 2 unspecified atom stereocenters. The van der Waals surface area contributed by atoms with E-state index in [1.54, 1.807) is 18.2 Å². The lowest BCUT2D eigenvalue weighted by molar-refractivity contribution is -0.166. The highest BCUT2D eigenvalue weighted by Crippen LogP contribution is 2.40. The van der Waals surface area contributed by atoms with Crippen LogP contribution in [0.2, 0.25) is 0 Å². The van der Waals surface area contributed by atoms with E-state index >= 15 is 0 Å². The number of rotatable bonds is 15. The summed E-state index contributed by atoms with van der Waals surface area (Å²) in [5.74, 6) is -1.31. The van der Waals surface area contributed by atoms with Crippen LogP contribution in [0, 0.1) is 0 Å². The van der Waals surface area contributed by atoms with E-state index in [0.29, 0.717) is 29.9 Å². The molecule has 0 aliphatic carbocycles. The molecule has 0 bridgehead atoms. The molecule has 54 heavy (non-hydrogen) atoms. The lowest BCUT2D eigenvalue weighted by Crippen LogP contribution is -2.55. The minimum Gasteiger partial charge on any atom is -0.471 e. The predicted molar refractivity (Wildman–Crippen MR) is 194 cm³/mol. The van der Waals surface area contributed by atoms with Crippen molar-refractivity contribution in [1.82, 2.24) is 9.80 Å². The van der Waals surface area contributed by atoms with E-state index in [1.165, 1.54) is 9.80 Å². The van der Waals surface area contributed by atoms with E-state index in [0.717, 1.165) is 11.1 Å². The zero-order chi connectivity index (χ0) is 38.5. The van der Waals surface area contributed by atoms with Crippen molar-refractivity contribution in [3.63, 3.8) is 0 Å². The van der Waals surface area contributed by atoms with Gasteiger partial charge in [-0.15, -0.1) is 0 Å². The van der Waals surface area contributed by atoms with Gasteiger partial charge in [0, 0.05) is 27.9 Å². The molecule has 4 saturated heterocycles. The average molecular weight is 803 g/mol. The maximum absolute atomic E-state index is 12.7. The first-order chi connectivity index (χ1) is 26.3. The Bertz CT molecular complexity index is 1910. The number of carbonyl (C=O) groups is 6. The van der Waals surface area contributed by atoms with Crippen molar-refractivity contribution in [3.8, 4) is 0 Å². The van der Waals surface area contributed by atoms with E-state index in [9.17, 15) is 28.8 Å². The number of aldehydes is 2. The average Bonchev–Trinajstić information content (AvgIpc) is 3.68. The number of nitrogens with zero attached hydrogens (tertiary/aromatic N) is 5. The normalized spacial score (nSPS) is 22.6. The van der Waals surface area contributed by atoms with Crippen molar-refractivity contribution in [2.24, 2.45) is 5.11 Å². The number of carbonyl (C=O) groups excluding carboxylic acids is 6. The van der Waals surface area contributed by atoms with Crippen LogP contribution in [0.15, 0.2) is 113 Å². The molecule has 15 nitrogen and oxygen atoms in total. The molecule has 4 aliphatic heterocycles. The topological polar surface area (TPSA) is 195 Å². The summed E-state index contributed by atoms with van der Waals surface area (Å²) in [5.41, 5.74) is 10.5. The van der Waals surface area contributed by atoms with E-state index in [-0.39, 0.29) is 67.9 Å². The Balaban J connectivity index is 0.000000208. The zero-order valence-electron chi connectivity index (χ0n) is 28.9. The highest BCUT2D eigenvalue weighted by Gasteiger charge is 2.56. The molecule has 2 amide bonds. The fourth-order valence-electron chi connectivity index (χ4n) is 5.91. The highest BCUT2D eigenvalue weighted by atomic mass is 79.9. The SMILES string of the molecule is O=CC(CC=CCBr)=C1O[C@@H]2CC(=O)N2C1C(=O)OCc1ccccc1.[N-]=[N+]=NCC=CCC(C=O)=C1O[C@@H]2CC(=O)N2C1C(=O)OCc1ccccc1. The van der Waals surface area contributed by atoms with Crippen LogP contribution in [-0.4, -0.2) is 82.5 Å². The number of ether oxygens (including phenoxy) is 4. The number of esters is 2. The highest BCUT2D eigenvalue weighted by molar-refractivity contribution is 9.09. The summed E-state index contributed by atoms with van der Waals surface area (Å²) in [5, 5.41) is 4.02. The van der Waals surface area contributed by atoms with Crippen LogP contribution in [0.5, 0.6) is 0 Å². The Hall–Kier alpha value is -5.99. The molecule has 0 radical (unpaired) electrons. The summed E-state index contributed by atoms with van der Waals surface area (Å²) in [7, 11) is 0. The number of β-lactam (4-membered cyclic amide) rings is 2. The molecule has 0 spiro atoms. The molecule has 4 atom stereocenters. The number of alkyl halides is 1. The summed E-state index contributed by atoms with van der Waals surface area (Å²) < 4.78 is 22.1. The van der Waals surface area contributed by atoms with Crippen LogP contribution in [-0.2, 0) is 60.9 Å². The van der Waals surface area contributed by atoms with Crippen LogP contribution in [0.4, 0.5) is 0 Å². The van der Waals surface area contributed by atoms with Gasteiger partial charge in [-0.3, -0.25) is 29.0 Å². The monoisotopic (exact) mass is 801 g/mol. The van der Waals surface area contributed by atoms with Gasteiger partial charge in [-0.25, -0.2) is 9.59 Å². The number of amides is 2. The van der Waals surface area contributed by atoms with Gasteiger partial charge in [-0.2, -0.15) is 0 Å². The summed E-state index contributed by atoms with van der Waals surface area (Å²) >= 11 is 3.27. The maximum Gasteiger partial charge on any atom is 0.337 e. The number of hydrogen-bond acceptors (Lipinski definition) is 11. The van der Waals surface area contributed by atoms with Crippen molar-refractivity contribution >= 4 is 52.3 Å². The van der Waals surface area contributed by atoms with Crippen molar-refractivity contribution < 1.29 is 47.7 Å². The molecule has 16 heteroatoms. The van der Waals surface area contributed by atoms with Gasteiger partial charge in [0.05, 0.1) is 12.8 Å². The number of benzene rings is 2. The Morgan fingerprint density at radius 2 is 1.20 bits per heavy atom. The smallest absolute Gasteiger partial charge is 0.337 e. The summed E-state index contributed by atoms with van der Waals surface area (Å²) in [4.78, 5) is 77.6. The van der Waals surface area contributed by atoms with E-state index in [4.69, 9.17) is 24.5 Å². The van der Waals surface area contributed by atoms with Gasteiger partial charge < -0.3 is 18.9 Å². The van der Waals surface area contributed by atoms with E-state index < -0.39 is 36.5 Å². The van der Waals surface area contributed by atoms with Crippen molar-refractivity contribution in [1.29, 1.82) is 0 Å². The van der Waals surface area contributed by atoms with Crippen LogP contribution in [0.1, 0.15) is 36.8 Å². The largest absolute Gasteiger partial charge is 0.471 e. The molecule has 0 saturated carbocycles. The number of hydrogen-bond donors (Lipinski definition) is 0. The molecule has 0 N–H and O–H groups in total. The summed E-state index contributed by atoms with van der Waals surface area (Å²) in [6, 6.07) is 16.3. The molecule has 4 fully saturated rings. The van der Waals surface area contributed by atoms with Crippen LogP contribution < -0.4 is 0 Å². The molecule has 6 rings (SSSR count). The number of allylic oxidation sites excluding steroid dienone is 5. The second-order valence-corrected chi connectivity index (χ2v) is 12.7. The van der Waals surface area contributed by atoms with Crippen LogP contribution in [0.25, 0.3) is 10.4 Å². The number of fused-ring (bicyclic) bond motifs is 2. The second-order valence-electron chi connectivity index (χ2n) is 12.1. The fraction of sp³-hybridized carbons (Fsp3) is 0.316. The Morgan fingerprint density at radius 1 is 0.759 bits per heavy atom. The van der Waals surface area contributed by atoms with E-state index in [1.807, 2.05) is 66.7 Å². The van der Waals surface area contributed by atoms with Gasteiger partial charge in [-0.05, 0) is 29.5 Å². The van der Waals surface area contributed by atoms with Crippen LogP contribution in [0.3, 0.4) is 0 Å². The van der Waals surface area contributed by atoms with Gasteiger partial charge in [-0.1, -0.05) is 106 Å². The first kappa shape index (κ1) is 39.2. The zero-order valence-corrected chi connectivity index (χ0v) is 30.5. The van der Waals surface area contributed by atoms with Gasteiger partial charge >= 0.3 is 11.9 Å². The standard InChI is InChI=1S/C19H18BrNO5.C19H18N4O5/c20-9-5-4-8-14(11-22)18-17(21-15(23)10-16(21)26-18)19(24)25-12-13-6-2-1-3-7-13;20-22-21-9-5-4-8-14(11-24)18-17(23-15(25)10-16(23)28-18)19(26)27-12-13-6-2-1-3-7-13/h1-7,11,16-17H,8-10,12H2;1-7,11,16-17H,8-10,12H2/t2*16-,17?/m11/s1. The fourth-order valence-corrected chi connectivity index (χ4v) is 6.17. The third-order valence-electron chi connectivity index (χ3n) is 8.63. The van der Waals surface area contributed by atoms with Crippen molar-refractivity contribution in [2.45, 2.75) is 63.4 Å². The quantitative estimate of drug-likeness (QED) is 0.0276. The maximum atomic E-state index is 12.7. The first-order valence-corrected chi connectivity index (χ1v) is 18.0. The van der Waals surface area contributed by atoms with E-state index in [2.05, 4.69) is 26.0 Å². The van der Waals surface area contributed by atoms with Gasteiger partial charge in [0.25, 0.3) is 0 Å². The molecular weight excluding hydrogens is 766 g/mol. The Labute approximate surface area is 318 Å². The lowest BCUT2D eigenvalue weighted by Gasteiger charge is -2.33. The minimum atomic E-state index is -1.07. The first-order valence-electron chi connectivity index (χ1n) is 16.9. The van der Waals surface area contributed by atoms with Gasteiger partial charge in [0.2, 0.25) is 11.8 Å².